The molecular formula is C79H137N9O32. The molecule has 0 radical (unpaired) electrons. The molecule has 0 saturated carbocycles. The van der Waals surface area contributed by atoms with Gasteiger partial charge in [-0.1, -0.05) is 91.4 Å². The molecule has 0 aromatic heterocycles. The predicted molar refractivity (Wildman–Crippen MR) is 432 cm³/mol. The maximum Gasteiger partial charge on any atom is 0.326 e. The minimum Gasteiger partial charge on any atom is -0.481 e. The van der Waals surface area contributed by atoms with Crippen LogP contribution in [0.5, 0.6) is 0 Å². The molecule has 690 valence electrons. The lowest BCUT2D eigenvalue weighted by Gasteiger charge is -2.18. The lowest BCUT2D eigenvalue weighted by atomic mass is 9.94. The van der Waals surface area contributed by atoms with E-state index in [0.717, 1.165) is 83.7 Å². The van der Waals surface area contributed by atoms with Gasteiger partial charge in [0.1, 0.15) is 47.8 Å². The first-order valence-electron chi connectivity index (χ1n) is 41.7. The molecule has 0 fully saturated rings. The average molecular weight is 1720 g/mol. The van der Waals surface area contributed by atoms with Crippen molar-refractivity contribution in [3.05, 3.63) is 0 Å². The van der Waals surface area contributed by atoms with E-state index in [1.165, 1.54) is 19.3 Å². The van der Waals surface area contributed by atoms with Crippen LogP contribution in [0.25, 0.3) is 0 Å². The smallest absolute Gasteiger partial charge is 0.326 e. The summed E-state index contributed by atoms with van der Waals surface area (Å²) in [7, 11) is 0. The number of ketones is 2. The fraction of sp³-hybridized carbons (Fsp3) is 0.772. The first-order valence-corrected chi connectivity index (χ1v) is 41.7. The number of urea groups is 3. The van der Waals surface area contributed by atoms with Gasteiger partial charge in [-0.3, -0.25) is 43.2 Å². The summed E-state index contributed by atoms with van der Waals surface area (Å²) in [6, 6.07) is -11.3. The Morgan fingerprint density at radius 2 is 0.492 bits per heavy atom. The highest BCUT2D eigenvalue weighted by atomic mass is 16.6. The molecule has 41 nitrogen and oxygen atoms in total. The molecule has 7 unspecified atom stereocenters. The molecule has 0 spiro atoms. The molecule has 19 N–H and O–H groups in total. The van der Waals surface area contributed by atoms with Crippen LogP contribution in [-0.4, -0.2) is 267 Å². The predicted octanol–water partition coefficient (Wildman–Crippen LogP) is 6.75. The SMILES string of the molecule is CCCCCC(CC(=O)CCCCCCC(=O)NCCCCC(NC(=O)NC(CCC(=O)O)C(=O)O)C(=O)O)C(=O)O.CCCCCCCC(=O)CCCCCCC(=O)NCCCCC(NC(=O)NC(CCC(=O)O)C(=O)O)C(=O)O.CCCOCCOCCOCCOCCC(=O)NCCCCC(NC(=O)NC(CCC(=O)O)C(=O)O)C(=O)O. The van der Waals surface area contributed by atoms with Gasteiger partial charge in [-0.2, -0.15) is 0 Å². The van der Waals surface area contributed by atoms with Crippen LogP contribution in [0.4, 0.5) is 14.4 Å². The molecule has 9 amide bonds. The fourth-order valence-corrected chi connectivity index (χ4v) is 11.2. The number of hydrogen-bond donors (Lipinski definition) is 19. The van der Waals surface area contributed by atoms with Gasteiger partial charge in [0.2, 0.25) is 17.7 Å². The third kappa shape index (κ3) is 73.3. The fourth-order valence-electron chi connectivity index (χ4n) is 11.2. The maximum absolute atomic E-state index is 12.1. The number of ether oxygens (including phenoxy) is 4. The summed E-state index contributed by atoms with van der Waals surface area (Å²) < 4.78 is 21.3. The Bertz CT molecular complexity index is 3000. The highest BCUT2D eigenvalue weighted by Gasteiger charge is 2.29. The van der Waals surface area contributed by atoms with Crippen molar-refractivity contribution in [3.8, 4) is 0 Å². The van der Waals surface area contributed by atoms with E-state index in [9.17, 15) is 107 Å². The van der Waals surface area contributed by atoms with Crippen molar-refractivity contribution < 1.29 is 156 Å². The highest BCUT2D eigenvalue weighted by Crippen LogP contribution is 2.18. The number of amides is 9. The van der Waals surface area contributed by atoms with Crippen molar-refractivity contribution in [3.63, 3.8) is 0 Å². The van der Waals surface area contributed by atoms with Crippen LogP contribution in [-0.2, 0) is 90.9 Å². The van der Waals surface area contributed by atoms with Crippen molar-refractivity contribution in [1.82, 2.24) is 47.9 Å². The zero-order chi connectivity index (χ0) is 90.7. The number of carboxylic acids is 10. The van der Waals surface area contributed by atoms with E-state index in [1.54, 1.807) is 0 Å². The number of Topliss-reactive ketones (excluding diaryl/α,β-unsaturated/α-hetero) is 2. The molecule has 120 heavy (non-hydrogen) atoms. The molecule has 0 saturated heterocycles. The van der Waals surface area contributed by atoms with E-state index in [-0.39, 0.29) is 81.5 Å². The quantitative estimate of drug-likeness (QED) is 0.0280. The summed E-state index contributed by atoms with van der Waals surface area (Å²) >= 11 is 0. The van der Waals surface area contributed by atoms with Crippen LogP contribution in [0.15, 0.2) is 0 Å². The summed E-state index contributed by atoms with van der Waals surface area (Å²) in [5.41, 5.74) is 0. The van der Waals surface area contributed by atoms with Gasteiger partial charge in [0.15, 0.2) is 0 Å². The Morgan fingerprint density at radius 1 is 0.233 bits per heavy atom. The van der Waals surface area contributed by atoms with Crippen LogP contribution in [0.1, 0.15) is 278 Å². The van der Waals surface area contributed by atoms with Gasteiger partial charge >= 0.3 is 77.8 Å². The first kappa shape index (κ1) is 114. The summed E-state index contributed by atoms with van der Waals surface area (Å²) in [6.45, 7) is 10.9. The largest absolute Gasteiger partial charge is 0.481 e. The molecule has 0 aromatic rings. The van der Waals surface area contributed by atoms with Crippen LogP contribution in [0.2, 0.25) is 0 Å². The molecule has 7 atom stereocenters. The Kier molecular flexibility index (Phi) is 72.8. The van der Waals surface area contributed by atoms with Crippen molar-refractivity contribution in [2.75, 3.05) is 72.5 Å². The molecular weight excluding hydrogens is 1590 g/mol. The number of rotatable bonds is 77. The highest BCUT2D eigenvalue weighted by molar-refractivity contribution is 5.89. The molecule has 0 rings (SSSR count). The van der Waals surface area contributed by atoms with E-state index in [2.05, 4.69) is 54.8 Å². The first-order chi connectivity index (χ1) is 57.1. The lowest BCUT2D eigenvalue weighted by molar-refractivity contribution is -0.144. The summed E-state index contributed by atoms with van der Waals surface area (Å²) in [5.74, 6) is -13.6. The monoisotopic (exact) mass is 1720 g/mol. The third-order valence-electron chi connectivity index (χ3n) is 18.0. The second kappa shape index (κ2) is 76.5. The van der Waals surface area contributed by atoms with E-state index in [1.807, 2.05) is 13.8 Å². The van der Waals surface area contributed by atoms with Crippen molar-refractivity contribution in [2.45, 2.75) is 314 Å². The Hall–Kier alpha value is -9.90. The zero-order valence-electron chi connectivity index (χ0n) is 70.1. The van der Waals surface area contributed by atoms with Gasteiger partial charge < -0.3 is 118 Å². The Labute approximate surface area is 700 Å². The number of hydrogen-bond acceptors (Lipinski definition) is 22. The van der Waals surface area contributed by atoms with Crippen molar-refractivity contribution in [2.24, 2.45) is 5.92 Å². The summed E-state index contributed by atoms with van der Waals surface area (Å²) in [4.78, 5) is 207. The van der Waals surface area contributed by atoms with E-state index >= 15 is 0 Å². The van der Waals surface area contributed by atoms with E-state index in [0.29, 0.717) is 155 Å². The minimum absolute atomic E-state index is 0.0379. The maximum atomic E-state index is 12.1. The average Bonchev–Trinajstić information content (AvgIpc) is 0.912. The number of aliphatic carboxylic acids is 10. The number of carboxylic acid groups (broad SMARTS) is 10. The third-order valence-corrected chi connectivity index (χ3v) is 18.0. The van der Waals surface area contributed by atoms with Gasteiger partial charge in [0.25, 0.3) is 0 Å². The van der Waals surface area contributed by atoms with Crippen LogP contribution in [0.3, 0.4) is 0 Å². The summed E-state index contributed by atoms with van der Waals surface area (Å²) in [5, 5.41) is 111. The van der Waals surface area contributed by atoms with Crippen molar-refractivity contribution >= 4 is 107 Å². The van der Waals surface area contributed by atoms with Gasteiger partial charge in [0.05, 0.1) is 52.2 Å². The molecule has 0 aliphatic heterocycles. The lowest BCUT2D eigenvalue weighted by Crippen LogP contribution is -2.51. The number of nitrogens with one attached hydrogen (secondary N) is 9. The van der Waals surface area contributed by atoms with Gasteiger partial charge in [-0.25, -0.2) is 43.2 Å². The topological polar surface area (TPSA) is 655 Å². The Morgan fingerprint density at radius 3 is 0.783 bits per heavy atom. The minimum atomic E-state index is -1.48. The molecule has 0 aromatic carbocycles. The number of unbranched alkanes of at least 4 members (excludes halogenated alkanes) is 15. The molecule has 0 heterocycles. The number of carbonyl (C=O) groups excluding carboxylic acids is 8. The second-order valence-electron chi connectivity index (χ2n) is 28.5. The normalized spacial score (nSPS) is 12.5. The Balaban J connectivity index is -0.00000171. The second-order valence-corrected chi connectivity index (χ2v) is 28.5. The van der Waals surface area contributed by atoms with Gasteiger partial charge in [-0.15, -0.1) is 0 Å². The van der Waals surface area contributed by atoms with Crippen molar-refractivity contribution in [1.29, 1.82) is 0 Å². The van der Waals surface area contributed by atoms with Crippen LogP contribution < -0.4 is 47.9 Å². The molecule has 0 bridgehead atoms. The standard InChI is InChI=1S/C28H47N3O11.C27H47N3O9.C24H43N3O12/c1-2-3-6-11-19(25(36)37)18-20(32)12-7-4-5-8-14-23(33)29-17-10-9-13-21(26(38)39)30-28(42)31-22(27(40)41)15-16-24(34)35;1-2-3-4-5-8-13-20(31)14-9-6-7-10-16-23(32)28-19-12-11-15-21(25(35)36)29-27(39)30-22(26(37)38)17-18-24(33)34;1-2-10-36-12-14-38-16-17-39-15-13-37-11-8-20(28)25-9-4-3-5-18(22(31)32)26-24(35)27-19(23(33)34)6-7-21(29)30/h19,21-22H,2-18H2,1H3,(H,29,33)(H,34,35)(H,36,37)(H,38,39)(H,40,41)(H2,30,31,42);21-22H,2-19H2,1H3,(H,28,32)(H,33,34)(H,35,36)(H,37,38)(H2,29,30,39);18-19H,2-17H2,1H3,(H,25,28)(H,29,30)(H,31,32)(H,33,34)(H2,26,27,35). The molecule has 0 aliphatic carbocycles. The molecule has 41 heteroatoms. The van der Waals surface area contributed by atoms with Crippen LogP contribution in [0, 0.1) is 5.92 Å². The van der Waals surface area contributed by atoms with E-state index in [4.69, 9.17) is 49.6 Å². The number of carbonyl (C=O) groups is 18. The van der Waals surface area contributed by atoms with E-state index < -0.39 is 139 Å². The zero-order valence-corrected chi connectivity index (χ0v) is 70.1. The summed E-state index contributed by atoms with van der Waals surface area (Å²) in [6.07, 6.45) is 18.9. The van der Waals surface area contributed by atoms with Gasteiger partial charge in [0, 0.05) is 90.4 Å². The molecule has 0 aliphatic rings. The van der Waals surface area contributed by atoms with Gasteiger partial charge in [-0.05, 0) is 122 Å². The van der Waals surface area contributed by atoms with Crippen LogP contribution >= 0.6 is 0 Å².